The molecule has 1 unspecified atom stereocenters. The Morgan fingerprint density at radius 2 is 2.00 bits per heavy atom. The number of amides is 2. The molecule has 17 heavy (non-hydrogen) atoms. The van der Waals surface area contributed by atoms with E-state index >= 15 is 0 Å². The number of nitrogens with two attached hydrogens (primary N) is 2. The van der Waals surface area contributed by atoms with Crippen molar-refractivity contribution in [3.63, 3.8) is 0 Å². The highest BCUT2D eigenvalue weighted by Gasteiger charge is 2.39. The van der Waals surface area contributed by atoms with E-state index in [4.69, 9.17) is 16.9 Å². The van der Waals surface area contributed by atoms with Crippen molar-refractivity contribution in [1.82, 2.24) is 4.48 Å². The lowest BCUT2D eigenvalue weighted by molar-refractivity contribution is 0.234. The van der Waals surface area contributed by atoms with E-state index in [2.05, 4.69) is 0 Å². The van der Waals surface area contributed by atoms with E-state index < -0.39 is 10.5 Å². The van der Waals surface area contributed by atoms with Gasteiger partial charge in [-0.05, 0) is 13.3 Å². The van der Waals surface area contributed by atoms with E-state index in [-0.39, 0.29) is 5.96 Å². The Hall–Kier alpha value is -1.88. The molecule has 5 nitrogen and oxygen atoms in total. The van der Waals surface area contributed by atoms with E-state index in [1.165, 1.54) is 0 Å². The summed E-state index contributed by atoms with van der Waals surface area (Å²) < 4.78 is -0.476. The van der Waals surface area contributed by atoms with Gasteiger partial charge in [0.05, 0.1) is 7.05 Å². The summed E-state index contributed by atoms with van der Waals surface area (Å²) in [6.07, 6.45) is 0.755. The molecule has 0 fully saturated rings. The highest BCUT2D eigenvalue weighted by atomic mass is 16.2. The average molecular weight is 235 g/mol. The number of nitrogens with one attached hydrogen (secondary N) is 1. The van der Waals surface area contributed by atoms with Gasteiger partial charge in [-0.1, -0.05) is 25.1 Å². The van der Waals surface area contributed by atoms with Crippen molar-refractivity contribution in [2.45, 2.75) is 20.3 Å². The third-order valence-electron chi connectivity index (χ3n) is 3.07. The summed E-state index contributed by atoms with van der Waals surface area (Å²) in [5, 5.41) is 7.63. The second kappa shape index (κ2) is 4.55. The Balaban J connectivity index is 3.59. The normalized spacial score (nSPS) is 14.1. The summed E-state index contributed by atoms with van der Waals surface area (Å²) >= 11 is 0. The Morgan fingerprint density at radius 3 is 2.41 bits per heavy atom. The van der Waals surface area contributed by atoms with Crippen LogP contribution < -0.4 is 16.0 Å². The van der Waals surface area contributed by atoms with Crippen LogP contribution in [-0.4, -0.2) is 19.0 Å². The first-order valence-electron chi connectivity index (χ1n) is 5.45. The number of hydrogen-bond donors (Lipinski definition) is 3. The standard InChI is InChI=1S/C12H18N4O/c1-4-9-7-5-6-8(2)10(9)16(3,11(13)14)12(15)17/h5-7H,4H2,1-3H3,(H4-,13,14,15,17)/p+1. The van der Waals surface area contributed by atoms with Gasteiger partial charge in [-0.25, -0.2) is 10.2 Å². The van der Waals surface area contributed by atoms with Gasteiger partial charge in [-0.15, -0.1) is 4.48 Å². The lowest BCUT2D eigenvalue weighted by atomic mass is 10.0. The Kier molecular flexibility index (Phi) is 3.53. The molecular weight excluding hydrogens is 216 g/mol. The van der Waals surface area contributed by atoms with Crippen LogP contribution in [0, 0.1) is 12.3 Å². The fraction of sp³-hybridized carbons (Fsp3) is 0.333. The molecule has 0 aromatic heterocycles. The number of carbonyl (C=O) groups is 1. The zero-order valence-corrected chi connectivity index (χ0v) is 10.4. The van der Waals surface area contributed by atoms with E-state index in [1.54, 1.807) is 7.05 Å². The molecule has 0 bridgehead atoms. The van der Waals surface area contributed by atoms with Crippen LogP contribution in [0.2, 0.25) is 0 Å². The largest absolute Gasteiger partial charge is 0.426 e. The average Bonchev–Trinajstić information content (AvgIpc) is 2.27. The van der Waals surface area contributed by atoms with Gasteiger partial charge in [0.25, 0.3) is 0 Å². The molecular formula is C12H19N4O+. The third-order valence-corrected chi connectivity index (χ3v) is 3.07. The van der Waals surface area contributed by atoms with E-state index in [9.17, 15) is 4.79 Å². The summed E-state index contributed by atoms with van der Waals surface area (Å²) in [5.41, 5.74) is 13.5. The number of guanidine groups is 1. The second-order valence-electron chi connectivity index (χ2n) is 4.17. The first kappa shape index (κ1) is 13.2. The van der Waals surface area contributed by atoms with Gasteiger partial charge < -0.3 is 11.5 Å². The molecule has 1 atom stereocenters. The zero-order chi connectivity index (χ0) is 13.2. The number of aryl methyl sites for hydroxylation is 2. The lowest BCUT2D eigenvalue weighted by Crippen LogP contribution is -2.61. The molecule has 1 aromatic rings. The number of carbonyl (C=O) groups excluding carboxylic acids is 1. The molecule has 92 valence electrons. The van der Waals surface area contributed by atoms with Crippen molar-refractivity contribution in [2.75, 3.05) is 7.05 Å². The fourth-order valence-electron chi connectivity index (χ4n) is 1.99. The summed E-state index contributed by atoms with van der Waals surface area (Å²) in [5.74, 6) is -0.276. The van der Waals surface area contributed by atoms with E-state index in [0.29, 0.717) is 5.69 Å². The highest BCUT2D eigenvalue weighted by Crippen LogP contribution is 2.30. The molecule has 0 radical (unpaired) electrons. The number of para-hydroxylation sites is 1. The molecule has 1 rings (SSSR count). The molecule has 0 aliphatic rings. The Morgan fingerprint density at radius 1 is 1.41 bits per heavy atom. The molecule has 5 N–H and O–H groups in total. The third kappa shape index (κ3) is 2.01. The summed E-state index contributed by atoms with van der Waals surface area (Å²) in [6, 6.07) is 5.08. The minimum Gasteiger partial charge on any atom is -0.337 e. The van der Waals surface area contributed by atoms with Gasteiger partial charge in [-0.3, -0.25) is 0 Å². The highest BCUT2D eigenvalue weighted by molar-refractivity contribution is 6.07. The smallest absolute Gasteiger partial charge is 0.337 e. The number of hydrogen-bond acceptors (Lipinski definition) is 2. The summed E-state index contributed by atoms with van der Waals surface area (Å²) in [7, 11) is 1.55. The first-order chi connectivity index (χ1) is 7.85. The maximum absolute atomic E-state index is 11.7. The van der Waals surface area contributed by atoms with Crippen LogP contribution in [0.5, 0.6) is 0 Å². The van der Waals surface area contributed by atoms with Crippen molar-refractivity contribution >= 4 is 17.7 Å². The second-order valence-corrected chi connectivity index (χ2v) is 4.17. The van der Waals surface area contributed by atoms with Crippen LogP contribution in [0.15, 0.2) is 18.2 Å². The molecule has 5 heteroatoms. The van der Waals surface area contributed by atoms with Gasteiger partial charge in [0, 0.05) is 11.1 Å². The maximum atomic E-state index is 11.7. The summed E-state index contributed by atoms with van der Waals surface area (Å²) in [4.78, 5) is 11.7. The van der Waals surface area contributed by atoms with E-state index in [1.807, 2.05) is 32.0 Å². The molecule has 1 aromatic carbocycles. The number of primary amides is 1. The zero-order valence-electron chi connectivity index (χ0n) is 10.4. The SMILES string of the molecule is CCc1cccc(C)c1[N+](C)(C(=N)N)C(N)=O. The van der Waals surface area contributed by atoms with Crippen LogP contribution in [0.3, 0.4) is 0 Å². The number of benzene rings is 1. The Bertz CT molecular complexity index is 454. The van der Waals surface area contributed by atoms with Gasteiger partial charge in [-0.2, -0.15) is 0 Å². The molecule has 0 heterocycles. The quantitative estimate of drug-likeness (QED) is 0.411. The topological polar surface area (TPSA) is 93.0 Å². The lowest BCUT2D eigenvalue weighted by Gasteiger charge is -2.29. The van der Waals surface area contributed by atoms with Gasteiger partial charge >= 0.3 is 12.0 Å². The van der Waals surface area contributed by atoms with E-state index in [0.717, 1.165) is 17.5 Å². The first-order valence-corrected chi connectivity index (χ1v) is 5.45. The number of rotatable bonds is 2. The van der Waals surface area contributed by atoms with Gasteiger partial charge in [0.1, 0.15) is 0 Å². The molecule has 0 saturated carbocycles. The van der Waals surface area contributed by atoms with Crippen molar-refractivity contribution in [3.8, 4) is 0 Å². The molecule has 2 amide bonds. The minimum atomic E-state index is -0.651. The van der Waals surface area contributed by atoms with Crippen molar-refractivity contribution in [3.05, 3.63) is 29.3 Å². The number of nitrogens with zero attached hydrogens (tertiary/aromatic N) is 1. The van der Waals surface area contributed by atoms with Crippen LogP contribution in [-0.2, 0) is 6.42 Å². The van der Waals surface area contributed by atoms with Crippen LogP contribution in [0.4, 0.5) is 10.5 Å². The van der Waals surface area contributed by atoms with Gasteiger partial charge in [0.15, 0.2) is 5.69 Å². The maximum Gasteiger partial charge on any atom is 0.426 e. The van der Waals surface area contributed by atoms with Crippen LogP contribution >= 0.6 is 0 Å². The fourth-order valence-corrected chi connectivity index (χ4v) is 1.99. The van der Waals surface area contributed by atoms with Crippen molar-refractivity contribution < 1.29 is 4.79 Å². The Labute approximate surface area is 101 Å². The monoisotopic (exact) mass is 235 g/mol. The number of quaternary nitrogens is 1. The molecule has 0 saturated heterocycles. The van der Waals surface area contributed by atoms with Crippen LogP contribution in [0.25, 0.3) is 0 Å². The number of urea groups is 1. The van der Waals surface area contributed by atoms with Gasteiger partial charge in [0.2, 0.25) is 0 Å². The molecule has 0 aliphatic heterocycles. The predicted octanol–water partition coefficient (Wildman–Crippen LogP) is 1.47. The molecule has 0 spiro atoms. The van der Waals surface area contributed by atoms with Crippen LogP contribution in [0.1, 0.15) is 18.1 Å². The van der Waals surface area contributed by atoms with Crippen molar-refractivity contribution in [2.24, 2.45) is 11.5 Å². The molecule has 0 aliphatic carbocycles. The predicted molar refractivity (Wildman–Crippen MR) is 69.8 cm³/mol. The summed E-state index contributed by atoms with van der Waals surface area (Å²) in [6.45, 7) is 3.88. The van der Waals surface area contributed by atoms with Crippen molar-refractivity contribution in [1.29, 1.82) is 5.41 Å². The minimum absolute atomic E-state index is 0.276.